The number of morpholine rings is 1. The third kappa shape index (κ3) is 6.25. The molecule has 32 heavy (non-hydrogen) atoms. The van der Waals surface area contributed by atoms with Crippen LogP contribution in [0.5, 0.6) is 0 Å². The Morgan fingerprint density at radius 1 is 1.09 bits per heavy atom. The molecular weight excluding hydrogens is 465 g/mol. The van der Waals surface area contributed by atoms with E-state index >= 15 is 0 Å². The van der Waals surface area contributed by atoms with Crippen LogP contribution in [-0.4, -0.2) is 55.9 Å². The number of benzene rings is 2. The lowest BCUT2D eigenvalue weighted by atomic mass is 10.2. The lowest BCUT2D eigenvalue weighted by Crippen LogP contribution is -2.48. The molecule has 1 N–H and O–H groups in total. The monoisotopic (exact) mass is 488 g/mol. The lowest BCUT2D eigenvalue weighted by Gasteiger charge is -2.34. The molecule has 1 aliphatic heterocycles. The van der Waals surface area contributed by atoms with Crippen molar-refractivity contribution < 1.29 is 31.1 Å². The van der Waals surface area contributed by atoms with Gasteiger partial charge in [-0.2, -0.15) is 17.5 Å². The molecule has 11 heteroatoms. The van der Waals surface area contributed by atoms with Gasteiger partial charge in [-0.25, -0.2) is 8.42 Å². The number of carbonyl (C=O) groups is 1. The molecule has 2 aromatic carbocycles. The van der Waals surface area contributed by atoms with E-state index < -0.39 is 27.9 Å². The van der Waals surface area contributed by atoms with Crippen LogP contribution in [0.1, 0.15) is 24.2 Å². The van der Waals surface area contributed by atoms with Crippen LogP contribution in [0.15, 0.2) is 58.3 Å². The molecule has 1 aliphatic rings. The summed E-state index contributed by atoms with van der Waals surface area (Å²) < 4.78 is 70.4. The van der Waals surface area contributed by atoms with Gasteiger partial charge in [0.05, 0.1) is 28.5 Å². The molecule has 3 rings (SSSR count). The van der Waals surface area contributed by atoms with E-state index in [2.05, 4.69) is 5.32 Å². The van der Waals surface area contributed by atoms with Crippen molar-refractivity contribution in [1.29, 1.82) is 0 Å². The molecule has 6 nitrogen and oxygen atoms in total. The predicted octanol–water partition coefficient (Wildman–Crippen LogP) is 4.39. The Hall–Kier alpha value is -2.08. The summed E-state index contributed by atoms with van der Waals surface area (Å²) in [6.07, 6.45) is -4.79. The summed E-state index contributed by atoms with van der Waals surface area (Å²) in [6.45, 7) is 4.08. The van der Waals surface area contributed by atoms with E-state index in [4.69, 9.17) is 4.74 Å². The smallest absolute Gasteiger partial charge is 0.373 e. The number of carbonyl (C=O) groups excluding carboxylic acids is 1. The number of ether oxygens (including phenoxy) is 1. The summed E-state index contributed by atoms with van der Waals surface area (Å²) in [5, 5.41) is 2.59. The van der Waals surface area contributed by atoms with Gasteiger partial charge in [0.15, 0.2) is 0 Å². The summed E-state index contributed by atoms with van der Waals surface area (Å²) in [5.41, 5.74) is 0.433. The SMILES string of the molecule is CC1CN(S(=O)(=O)c2ccc(C(=O)Nc3ccccc3SCC(F)(F)F)cc2)CC(C)O1. The van der Waals surface area contributed by atoms with E-state index in [1.807, 2.05) is 0 Å². The quantitative estimate of drug-likeness (QED) is 0.611. The number of anilines is 1. The zero-order chi connectivity index (χ0) is 23.5. The average Bonchev–Trinajstić information content (AvgIpc) is 2.72. The average molecular weight is 489 g/mol. The molecule has 0 saturated carbocycles. The Labute approximate surface area is 189 Å². The Kier molecular flexibility index (Phi) is 7.53. The van der Waals surface area contributed by atoms with Crippen molar-refractivity contribution in [3.8, 4) is 0 Å². The topological polar surface area (TPSA) is 75.7 Å². The van der Waals surface area contributed by atoms with Crippen LogP contribution in [0.25, 0.3) is 0 Å². The number of para-hydroxylation sites is 1. The number of sulfonamides is 1. The van der Waals surface area contributed by atoms with Gasteiger partial charge in [0.25, 0.3) is 5.91 Å². The molecule has 0 bridgehead atoms. The number of hydrogen-bond donors (Lipinski definition) is 1. The van der Waals surface area contributed by atoms with Gasteiger partial charge in [-0.3, -0.25) is 4.79 Å². The van der Waals surface area contributed by atoms with E-state index in [1.54, 1.807) is 26.0 Å². The third-order valence-corrected chi connectivity index (χ3v) is 7.65. The van der Waals surface area contributed by atoms with Gasteiger partial charge in [-0.1, -0.05) is 12.1 Å². The van der Waals surface area contributed by atoms with E-state index in [9.17, 15) is 26.4 Å². The zero-order valence-electron chi connectivity index (χ0n) is 17.4. The molecule has 1 saturated heterocycles. The fourth-order valence-corrected chi connectivity index (χ4v) is 5.66. The molecule has 0 aliphatic carbocycles. The number of thioether (sulfide) groups is 1. The Morgan fingerprint density at radius 3 is 2.28 bits per heavy atom. The summed E-state index contributed by atoms with van der Waals surface area (Å²) >= 11 is 0.578. The van der Waals surface area contributed by atoms with E-state index in [0.29, 0.717) is 11.8 Å². The molecular formula is C21H23F3N2O4S2. The van der Waals surface area contributed by atoms with Crippen molar-refractivity contribution in [3.63, 3.8) is 0 Å². The molecule has 2 atom stereocenters. The highest BCUT2D eigenvalue weighted by atomic mass is 32.2. The minimum Gasteiger partial charge on any atom is -0.373 e. The molecule has 2 aromatic rings. The summed E-state index contributed by atoms with van der Waals surface area (Å²) in [6, 6.07) is 11.6. The van der Waals surface area contributed by atoms with Crippen molar-refractivity contribution in [1.82, 2.24) is 4.31 Å². The van der Waals surface area contributed by atoms with Gasteiger partial charge in [-0.05, 0) is 50.2 Å². The van der Waals surface area contributed by atoms with Gasteiger partial charge in [0, 0.05) is 23.5 Å². The van der Waals surface area contributed by atoms with E-state index in [1.165, 1.54) is 40.7 Å². The van der Waals surface area contributed by atoms with Gasteiger partial charge in [0.1, 0.15) is 0 Å². The molecule has 1 heterocycles. The van der Waals surface area contributed by atoms with Crippen LogP contribution < -0.4 is 5.32 Å². The number of halogens is 3. The number of rotatable bonds is 6. The van der Waals surface area contributed by atoms with Gasteiger partial charge in [-0.15, -0.1) is 11.8 Å². The maximum Gasteiger partial charge on any atom is 0.398 e. The minimum atomic E-state index is -4.33. The molecule has 0 spiro atoms. The van der Waals surface area contributed by atoms with Crippen LogP contribution in [0.3, 0.4) is 0 Å². The van der Waals surface area contributed by atoms with Crippen molar-refractivity contribution in [2.75, 3.05) is 24.2 Å². The second kappa shape index (κ2) is 9.82. The number of amides is 1. The van der Waals surface area contributed by atoms with E-state index in [0.717, 1.165) is 0 Å². The van der Waals surface area contributed by atoms with Gasteiger partial charge >= 0.3 is 6.18 Å². The minimum absolute atomic E-state index is 0.0523. The van der Waals surface area contributed by atoms with Crippen LogP contribution in [-0.2, 0) is 14.8 Å². The predicted molar refractivity (Wildman–Crippen MR) is 116 cm³/mol. The molecule has 1 amide bonds. The fraction of sp³-hybridized carbons (Fsp3) is 0.381. The first-order valence-electron chi connectivity index (χ1n) is 9.81. The number of nitrogens with one attached hydrogen (secondary N) is 1. The molecule has 174 valence electrons. The molecule has 1 fully saturated rings. The third-order valence-electron chi connectivity index (χ3n) is 4.67. The largest absolute Gasteiger partial charge is 0.398 e. The first-order chi connectivity index (χ1) is 15.0. The van der Waals surface area contributed by atoms with Crippen molar-refractivity contribution in [2.24, 2.45) is 0 Å². The summed E-state index contributed by atoms with van der Waals surface area (Å²) in [4.78, 5) is 12.9. The Bertz CT molecular complexity index is 1050. The molecule has 2 unspecified atom stereocenters. The van der Waals surface area contributed by atoms with Crippen LogP contribution in [0.2, 0.25) is 0 Å². The van der Waals surface area contributed by atoms with Crippen LogP contribution in [0, 0.1) is 0 Å². The summed E-state index contributed by atoms with van der Waals surface area (Å²) in [5.74, 6) is -1.63. The van der Waals surface area contributed by atoms with Gasteiger partial charge < -0.3 is 10.1 Å². The van der Waals surface area contributed by atoms with Gasteiger partial charge in [0.2, 0.25) is 10.0 Å². The Morgan fingerprint density at radius 2 is 1.69 bits per heavy atom. The maximum absolute atomic E-state index is 12.9. The standard InChI is InChI=1S/C21H23F3N2O4S2/c1-14-11-26(12-15(2)30-14)32(28,29)17-9-7-16(8-10-17)20(27)25-18-5-3-4-6-19(18)31-13-21(22,23)24/h3-10,14-15H,11-13H2,1-2H3,(H,25,27). The van der Waals surface area contributed by atoms with Crippen molar-refractivity contribution in [3.05, 3.63) is 54.1 Å². The molecule has 0 radical (unpaired) electrons. The highest BCUT2D eigenvalue weighted by Gasteiger charge is 2.32. The fourth-order valence-electron chi connectivity index (χ4n) is 3.30. The lowest BCUT2D eigenvalue weighted by molar-refractivity contribution is -0.105. The highest BCUT2D eigenvalue weighted by molar-refractivity contribution is 7.99. The van der Waals surface area contributed by atoms with Crippen LogP contribution >= 0.6 is 11.8 Å². The molecule has 0 aromatic heterocycles. The second-order valence-corrected chi connectivity index (χ2v) is 10.4. The zero-order valence-corrected chi connectivity index (χ0v) is 19.1. The summed E-state index contributed by atoms with van der Waals surface area (Å²) in [7, 11) is -3.75. The highest BCUT2D eigenvalue weighted by Crippen LogP contribution is 2.32. The number of alkyl halides is 3. The first kappa shape index (κ1) is 24.6. The number of hydrogen-bond acceptors (Lipinski definition) is 5. The number of nitrogens with zero attached hydrogens (tertiary/aromatic N) is 1. The second-order valence-electron chi connectivity index (χ2n) is 7.46. The normalized spacial score (nSPS) is 20.2. The van der Waals surface area contributed by atoms with Crippen LogP contribution in [0.4, 0.5) is 18.9 Å². The first-order valence-corrected chi connectivity index (χ1v) is 12.2. The van der Waals surface area contributed by atoms with E-state index in [-0.39, 0.29) is 46.3 Å². The Balaban J connectivity index is 1.72. The van der Waals surface area contributed by atoms with Crippen molar-refractivity contribution in [2.45, 2.75) is 42.0 Å². The maximum atomic E-state index is 12.9. The van der Waals surface area contributed by atoms with Crippen molar-refractivity contribution >= 4 is 33.4 Å².